The van der Waals surface area contributed by atoms with Crippen molar-refractivity contribution in [1.82, 2.24) is 0 Å². The minimum absolute atomic E-state index is 0.494. The van der Waals surface area contributed by atoms with Gasteiger partial charge in [0, 0.05) is 0 Å². The largest absolute Gasteiger partial charge is 0.493 e. The maximum absolute atomic E-state index is 10.7. The number of hydrogen-bond acceptors (Lipinski definition) is 3. The van der Waals surface area contributed by atoms with Crippen molar-refractivity contribution in [3.8, 4) is 11.5 Å². The molecule has 0 saturated heterocycles. The van der Waals surface area contributed by atoms with Crippen LogP contribution in [0, 0.1) is 0 Å². The highest BCUT2D eigenvalue weighted by molar-refractivity contribution is 6.66. The predicted molar refractivity (Wildman–Crippen MR) is 77.8 cm³/mol. The maximum Gasteiger partial charge on any atom is 0.245 e. The Labute approximate surface area is 118 Å². The lowest BCUT2D eigenvalue weighted by atomic mass is 10.2. The first-order chi connectivity index (χ1) is 9.02. The molecule has 102 valence electrons. The third-order valence-electron chi connectivity index (χ3n) is 2.32. The first-order valence-electron chi connectivity index (χ1n) is 5.84. The number of ether oxygens (including phenoxy) is 2. The molecule has 0 heterocycles. The number of benzene rings is 1. The second kappa shape index (κ2) is 7.64. The Bertz CT molecular complexity index is 500. The van der Waals surface area contributed by atoms with Crippen LogP contribution in [0.25, 0.3) is 6.08 Å². The molecular formula is C15H17ClO3. The van der Waals surface area contributed by atoms with Crippen molar-refractivity contribution in [1.29, 1.82) is 0 Å². The van der Waals surface area contributed by atoms with Gasteiger partial charge in [-0.15, -0.1) is 0 Å². The molecule has 3 nitrogen and oxygen atoms in total. The van der Waals surface area contributed by atoms with Crippen molar-refractivity contribution in [3.05, 3.63) is 41.5 Å². The average molecular weight is 281 g/mol. The fourth-order valence-corrected chi connectivity index (χ4v) is 1.43. The Hall–Kier alpha value is -1.74. The molecule has 0 aliphatic heterocycles. The minimum Gasteiger partial charge on any atom is -0.493 e. The molecule has 0 saturated carbocycles. The zero-order chi connectivity index (χ0) is 14.3. The summed E-state index contributed by atoms with van der Waals surface area (Å²) in [5.41, 5.74) is 2.01. The van der Waals surface area contributed by atoms with Gasteiger partial charge in [-0.1, -0.05) is 17.7 Å². The van der Waals surface area contributed by atoms with E-state index in [0.29, 0.717) is 18.1 Å². The summed E-state index contributed by atoms with van der Waals surface area (Å²) in [7, 11) is 1.57. The fourth-order valence-electron chi connectivity index (χ4n) is 1.37. The summed E-state index contributed by atoms with van der Waals surface area (Å²) in [4.78, 5) is 10.7. The van der Waals surface area contributed by atoms with Crippen LogP contribution in [0.2, 0.25) is 0 Å². The summed E-state index contributed by atoms with van der Waals surface area (Å²) in [5, 5.41) is -0.511. The zero-order valence-electron chi connectivity index (χ0n) is 11.3. The van der Waals surface area contributed by atoms with Gasteiger partial charge in [0.05, 0.1) is 7.11 Å². The highest BCUT2D eigenvalue weighted by Crippen LogP contribution is 2.28. The smallest absolute Gasteiger partial charge is 0.245 e. The van der Waals surface area contributed by atoms with Crippen molar-refractivity contribution in [2.45, 2.75) is 13.8 Å². The Balaban J connectivity index is 2.84. The van der Waals surface area contributed by atoms with E-state index < -0.39 is 5.24 Å². The van der Waals surface area contributed by atoms with Gasteiger partial charge >= 0.3 is 0 Å². The van der Waals surface area contributed by atoms with E-state index in [-0.39, 0.29) is 0 Å². The van der Waals surface area contributed by atoms with Crippen LogP contribution >= 0.6 is 11.6 Å². The molecule has 1 aromatic carbocycles. The normalized spacial score (nSPS) is 10.3. The van der Waals surface area contributed by atoms with Gasteiger partial charge in [-0.05, 0) is 55.3 Å². The molecular weight excluding hydrogens is 264 g/mol. The number of carbonyl (C=O) groups excluding carboxylic acids is 1. The molecule has 0 bridgehead atoms. The number of halogens is 1. The van der Waals surface area contributed by atoms with E-state index in [9.17, 15) is 4.79 Å². The van der Waals surface area contributed by atoms with Gasteiger partial charge in [0.25, 0.3) is 0 Å². The minimum atomic E-state index is -0.511. The lowest BCUT2D eigenvalue weighted by molar-refractivity contribution is -0.107. The van der Waals surface area contributed by atoms with Crippen LogP contribution in [0.15, 0.2) is 35.9 Å². The SMILES string of the molecule is COc1cc(C=CC(=O)Cl)ccc1OCC=C(C)C. The molecule has 0 amide bonds. The number of allylic oxidation sites excluding steroid dienone is 2. The molecule has 0 spiro atoms. The summed E-state index contributed by atoms with van der Waals surface area (Å²) in [5.74, 6) is 1.28. The molecule has 1 aromatic rings. The quantitative estimate of drug-likeness (QED) is 0.451. The average Bonchev–Trinajstić information content (AvgIpc) is 2.36. The molecule has 0 atom stereocenters. The lowest BCUT2D eigenvalue weighted by Gasteiger charge is -2.10. The molecule has 0 N–H and O–H groups in total. The Kier molecular flexibility index (Phi) is 6.16. The number of methoxy groups -OCH3 is 1. The monoisotopic (exact) mass is 280 g/mol. The first kappa shape index (κ1) is 15.3. The molecule has 0 aliphatic carbocycles. The maximum atomic E-state index is 10.7. The number of hydrogen-bond donors (Lipinski definition) is 0. The van der Waals surface area contributed by atoms with Crippen molar-refractivity contribution in [2.24, 2.45) is 0 Å². The lowest BCUT2D eigenvalue weighted by Crippen LogP contribution is -1.97. The van der Waals surface area contributed by atoms with E-state index >= 15 is 0 Å². The van der Waals surface area contributed by atoms with Crippen molar-refractivity contribution in [2.75, 3.05) is 13.7 Å². The van der Waals surface area contributed by atoms with Gasteiger partial charge < -0.3 is 9.47 Å². The molecule has 0 unspecified atom stereocenters. The molecule has 4 heteroatoms. The van der Waals surface area contributed by atoms with Gasteiger partial charge in [0.2, 0.25) is 5.24 Å². The van der Waals surface area contributed by atoms with Gasteiger partial charge in [-0.25, -0.2) is 0 Å². The summed E-state index contributed by atoms with van der Waals surface area (Å²) >= 11 is 5.24. The van der Waals surface area contributed by atoms with Crippen molar-refractivity contribution in [3.63, 3.8) is 0 Å². The highest BCUT2D eigenvalue weighted by Gasteiger charge is 2.04. The zero-order valence-corrected chi connectivity index (χ0v) is 12.0. The number of carbonyl (C=O) groups is 1. The third-order valence-corrected chi connectivity index (χ3v) is 2.45. The Morgan fingerprint density at radius 1 is 1.32 bits per heavy atom. The van der Waals surface area contributed by atoms with Gasteiger partial charge in [-0.3, -0.25) is 4.79 Å². The predicted octanol–water partition coefficient (Wildman–Crippen LogP) is 3.82. The second-order valence-electron chi connectivity index (χ2n) is 4.14. The van der Waals surface area contributed by atoms with Crippen LogP contribution in [-0.4, -0.2) is 19.0 Å². The number of rotatable bonds is 6. The topological polar surface area (TPSA) is 35.5 Å². The Morgan fingerprint density at radius 2 is 2.05 bits per heavy atom. The van der Waals surface area contributed by atoms with E-state index in [4.69, 9.17) is 21.1 Å². The highest BCUT2D eigenvalue weighted by atomic mass is 35.5. The summed E-state index contributed by atoms with van der Waals surface area (Å²) < 4.78 is 10.9. The van der Waals surface area contributed by atoms with Gasteiger partial charge in [0.1, 0.15) is 6.61 Å². The summed E-state index contributed by atoms with van der Waals surface area (Å²) in [6.45, 7) is 4.52. The Morgan fingerprint density at radius 3 is 2.63 bits per heavy atom. The second-order valence-corrected chi connectivity index (χ2v) is 4.51. The summed E-state index contributed by atoms with van der Waals surface area (Å²) in [6.07, 6.45) is 4.90. The van der Waals surface area contributed by atoms with E-state index in [2.05, 4.69) is 0 Å². The van der Waals surface area contributed by atoms with Crippen LogP contribution in [0.3, 0.4) is 0 Å². The van der Waals surface area contributed by atoms with Crippen LogP contribution in [0.4, 0.5) is 0 Å². The fraction of sp³-hybridized carbons (Fsp3) is 0.267. The van der Waals surface area contributed by atoms with Crippen LogP contribution < -0.4 is 9.47 Å². The molecule has 0 fully saturated rings. The van der Waals surface area contributed by atoms with Gasteiger partial charge in [-0.2, -0.15) is 0 Å². The molecule has 19 heavy (non-hydrogen) atoms. The van der Waals surface area contributed by atoms with Crippen LogP contribution in [0.5, 0.6) is 11.5 Å². The van der Waals surface area contributed by atoms with Crippen molar-refractivity contribution >= 4 is 22.9 Å². The van der Waals surface area contributed by atoms with E-state index in [1.54, 1.807) is 25.3 Å². The van der Waals surface area contributed by atoms with Gasteiger partial charge in [0.15, 0.2) is 11.5 Å². The first-order valence-corrected chi connectivity index (χ1v) is 6.22. The molecule has 0 radical (unpaired) electrons. The molecule has 0 aromatic heterocycles. The van der Waals surface area contributed by atoms with E-state index in [0.717, 1.165) is 5.56 Å². The van der Waals surface area contributed by atoms with E-state index in [1.165, 1.54) is 11.6 Å². The van der Waals surface area contributed by atoms with E-state index in [1.807, 2.05) is 26.0 Å². The van der Waals surface area contributed by atoms with Crippen LogP contribution in [0.1, 0.15) is 19.4 Å². The molecule has 1 rings (SSSR count). The van der Waals surface area contributed by atoms with Crippen LogP contribution in [-0.2, 0) is 4.79 Å². The third kappa shape index (κ3) is 5.62. The summed E-state index contributed by atoms with van der Waals surface area (Å²) in [6, 6.07) is 5.42. The van der Waals surface area contributed by atoms with Crippen molar-refractivity contribution < 1.29 is 14.3 Å². The standard InChI is InChI=1S/C15H17ClO3/c1-11(2)8-9-19-13-6-4-12(5-7-15(16)17)10-14(13)18-3/h4-8,10H,9H2,1-3H3. The molecule has 0 aliphatic rings.